The van der Waals surface area contributed by atoms with Gasteiger partial charge < -0.3 is 20.1 Å². The predicted octanol–water partition coefficient (Wildman–Crippen LogP) is 0.728. The van der Waals surface area contributed by atoms with Crippen LogP contribution in [0.3, 0.4) is 0 Å². The van der Waals surface area contributed by atoms with Gasteiger partial charge in [0.05, 0.1) is 13.2 Å². The van der Waals surface area contributed by atoms with Crippen LogP contribution in [-0.4, -0.2) is 55.7 Å². The molecule has 3 amide bonds. The number of ether oxygens (including phenoxy) is 2. The topological polar surface area (TPSA) is 97.0 Å². The van der Waals surface area contributed by atoms with E-state index >= 15 is 0 Å². The molecule has 0 spiro atoms. The molecule has 0 saturated carbocycles. The van der Waals surface area contributed by atoms with Crippen molar-refractivity contribution in [1.82, 2.24) is 10.2 Å². The predicted molar refractivity (Wildman–Crippen MR) is 86.3 cm³/mol. The maximum atomic E-state index is 12.2. The van der Waals surface area contributed by atoms with E-state index in [0.29, 0.717) is 18.8 Å². The third-order valence-electron chi connectivity index (χ3n) is 3.51. The van der Waals surface area contributed by atoms with Crippen LogP contribution < -0.4 is 10.6 Å². The first-order valence-electron chi connectivity index (χ1n) is 7.58. The lowest BCUT2D eigenvalue weighted by Crippen LogP contribution is -2.46. The molecule has 1 fully saturated rings. The second kappa shape index (κ2) is 8.30. The molecule has 24 heavy (non-hydrogen) atoms. The maximum absolute atomic E-state index is 12.2. The number of anilines is 1. The van der Waals surface area contributed by atoms with Crippen LogP contribution in [-0.2, 0) is 25.6 Å². The average molecular weight is 335 g/mol. The van der Waals surface area contributed by atoms with Crippen molar-refractivity contribution in [3.05, 3.63) is 29.8 Å². The highest BCUT2D eigenvalue weighted by molar-refractivity contribution is 5.89. The number of nitrogens with one attached hydrogen (secondary N) is 2. The lowest BCUT2D eigenvalue weighted by atomic mass is 10.1. The third kappa shape index (κ3) is 4.69. The Labute approximate surface area is 140 Å². The normalized spacial score (nSPS) is 16.7. The number of methoxy groups -OCH3 is 1. The first-order chi connectivity index (χ1) is 11.5. The van der Waals surface area contributed by atoms with Gasteiger partial charge in [0.2, 0.25) is 11.8 Å². The fourth-order valence-electron chi connectivity index (χ4n) is 2.33. The molecular formula is C16H21N3O5. The minimum Gasteiger partial charge on any atom is -0.447 e. The van der Waals surface area contributed by atoms with Gasteiger partial charge in [-0.1, -0.05) is 12.1 Å². The molecule has 130 valence electrons. The van der Waals surface area contributed by atoms with Gasteiger partial charge >= 0.3 is 6.09 Å². The minimum absolute atomic E-state index is 0.0294. The Morgan fingerprint density at radius 2 is 2.04 bits per heavy atom. The standard InChI is InChI=1S/C16H21N3O5/c1-11(20)18-13-5-3-12(4-6-13)9-19-14(10-24-16(19)22)15(21)17-7-8-23-2/h3-6,14H,7-10H2,1-2H3,(H,17,21)(H,18,20)/t14-/m0/s1. The molecule has 8 nitrogen and oxygen atoms in total. The Morgan fingerprint density at radius 1 is 1.33 bits per heavy atom. The minimum atomic E-state index is -0.663. The Bertz CT molecular complexity index is 602. The van der Waals surface area contributed by atoms with E-state index in [0.717, 1.165) is 5.56 Å². The van der Waals surface area contributed by atoms with Crippen LogP contribution in [0.4, 0.5) is 10.5 Å². The number of cyclic esters (lactones) is 1. The van der Waals surface area contributed by atoms with E-state index in [1.54, 1.807) is 31.4 Å². The Morgan fingerprint density at radius 3 is 2.67 bits per heavy atom. The van der Waals surface area contributed by atoms with Gasteiger partial charge in [0.15, 0.2) is 0 Å². The van der Waals surface area contributed by atoms with Crippen LogP contribution in [0.25, 0.3) is 0 Å². The zero-order valence-electron chi connectivity index (χ0n) is 13.7. The van der Waals surface area contributed by atoms with Gasteiger partial charge in [0, 0.05) is 26.3 Å². The molecule has 2 N–H and O–H groups in total. The molecule has 1 heterocycles. The van der Waals surface area contributed by atoms with Crippen LogP contribution in [0, 0.1) is 0 Å². The molecule has 0 unspecified atom stereocenters. The largest absolute Gasteiger partial charge is 0.447 e. The summed E-state index contributed by atoms with van der Waals surface area (Å²) in [6.07, 6.45) is -0.521. The van der Waals surface area contributed by atoms with E-state index in [-0.39, 0.29) is 25.0 Å². The summed E-state index contributed by atoms with van der Waals surface area (Å²) in [7, 11) is 1.55. The second-order valence-electron chi connectivity index (χ2n) is 5.38. The average Bonchev–Trinajstić information content (AvgIpc) is 2.90. The number of rotatable bonds is 7. The zero-order chi connectivity index (χ0) is 17.5. The molecule has 1 aromatic carbocycles. The van der Waals surface area contributed by atoms with Crippen LogP contribution >= 0.6 is 0 Å². The fraction of sp³-hybridized carbons (Fsp3) is 0.438. The number of amides is 3. The van der Waals surface area contributed by atoms with Crippen molar-refractivity contribution in [1.29, 1.82) is 0 Å². The van der Waals surface area contributed by atoms with Gasteiger partial charge in [-0.25, -0.2) is 4.79 Å². The number of hydrogen-bond donors (Lipinski definition) is 2. The van der Waals surface area contributed by atoms with Crippen molar-refractivity contribution in [2.75, 3.05) is 32.2 Å². The van der Waals surface area contributed by atoms with E-state index in [2.05, 4.69) is 10.6 Å². The van der Waals surface area contributed by atoms with Gasteiger partial charge in [-0.2, -0.15) is 0 Å². The summed E-state index contributed by atoms with van der Waals surface area (Å²) in [5.74, 6) is -0.425. The van der Waals surface area contributed by atoms with E-state index in [1.807, 2.05) is 0 Å². The number of benzene rings is 1. The van der Waals surface area contributed by atoms with Gasteiger partial charge in [0.25, 0.3) is 0 Å². The van der Waals surface area contributed by atoms with Gasteiger partial charge in [0.1, 0.15) is 12.6 Å². The summed E-state index contributed by atoms with van der Waals surface area (Å²) < 4.78 is 9.87. The van der Waals surface area contributed by atoms with E-state index in [1.165, 1.54) is 11.8 Å². The Hall–Kier alpha value is -2.61. The van der Waals surface area contributed by atoms with E-state index < -0.39 is 12.1 Å². The molecule has 1 aliphatic heterocycles. The smallest absolute Gasteiger partial charge is 0.410 e. The fourth-order valence-corrected chi connectivity index (χ4v) is 2.33. The molecule has 2 rings (SSSR count). The molecule has 8 heteroatoms. The lowest BCUT2D eigenvalue weighted by molar-refractivity contribution is -0.125. The SMILES string of the molecule is COCCNC(=O)[C@@H]1COC(=O)N1Cc1ccc(NC(C)=O)cc1. The van der Waals surface area contributed by atoms with Crippen molar-refractivity contribution in [3.63, 3.8) is 0 Å². The summed E-state index contributed by atoms with van der Waals surface area (Å²) in [5.41, 5.74) is 1.50. The van der Waals surface area contributed by atoms with E-state index in [9.17, 15) is 14.4 Å². The quantitative estimate of drug-likeness (QED) is 0.716. The number of carbonyl (C=O) groups excluding carboxylic acids is 3. The number of hydrogen-bond acceptors (Lipinski definition) is 5. The summed E-state index contributed by atoms with van der Waals surface area (Å²) in [6, 6.07) is 6.40. The molecule has 1 saturated heterocycles. The third-order valence-corrected chi connectivity index (χ3v) is 3.51. The van der Waals surface area contributed by atoms with Crippen LogP contribution in [0.2, 0.25) is 0 Å². The molecule has 0 radical (unpaired) electrons. The highest BCUT2D eigenvalue weighted by atomic mass is 16.6. The molecule has 0 bridgehead atoms. The van der Waals surface area contributed by atoms with Crippen molar-refractivity contribution >= 4 is 23.6 Å². The van der Waals surface area contributed by atoms with Crippen LogP contribution in [0.1, 0.15) is 12.5 Å². The molecule has 1 aliphatic rings. The number of carbonyl (C=O) groups is 3. The Balaban J connectivity index is 1.98. The van der Waals surface area contributed by atoms with Crippen molar-refractivity contribution < 1.29 is 23.9 Å². The highest BCUT2D eigenvalue weighted by Crippen LogP contribution is 2.18. The van der Waals surface area contributed by atoms with E-state index in [4.69, 9.17) is 9.47 Å². The molecule has 1 atom stereocenters. The molecule has 1 aromatic rings. The van der Waals surface area contributed by atoms with Crippen molar-refractivity contribution in [2.24, 2.45) is 0 Å². The molecular weight excluding hydrogens is 314 g/mol. The Kier molecular flexibility index (Phi) is 6.14. The highest BCUT2D eigenvalue weighted by Gasteiger charge is 2.37. The van der Waals surface area contributed by atoms with Crippen molar-refractivity contribution in [3.8, 4) is 0 Å². The van der Waals surface area contributed by atoms with Gasteiger partial charge in [-0.05, 0) is 17.7 Å². The maximum Gasteiger partial charge on any atom is 0.410 e. The summed E-state index contributed by atoms with van der Waals surface area (Å²) in [4.78, 5) is 36.4. The first-order valence-corrected chi connectivity index (χ1v) is 7.58. The van der Waals surface area contributed by atoms with Crippen molar-refractivity contribution in [2.45, 2.75) is 19.5 Å². The van der Waals surface area contributed by atoms with Gasteiger partial charge in [-0.3, -0.25) is 14.5 Å². The summed E-state index contributed by atoms with van der Waals surface area (Å²) >= 11 is 0. The molecule has 0 aromatic heterocycles. The number of nitrogens with zero attached hydrogens (tertiary/aromatic N) is 1. The monoisotopic (exact) mass is 335 g/mol. The molecule has 0 aliphatic carbocycles. The lowest BCUT2D eigenvalue weighted by Gasteiger charge is -2.21. The summed E-state index contributed by atoms with van der Waals surface area (Å²) in [6.45, 7) is 2.49. The summed E-state index contributed by atoms with van der Waals surface area (Å²) in [5, 5.41) is 5.38. The van der Waals surface area contributed by atoms with Gasteiger partial charge in [-0.15, -0.1) is 0 Å². The van der Waals surface area contributed by atoms with Crippen LogP contribution in [0.15, 0.2) is 24.3 Å². The first kappa shape index (κ1) is 17.7. The second-order valence-corrected chi connectivity index (χ2v) is 5.38. The van der Waals surface area contributed by atoms with Crippen LogP contribution in [0.5, 0.6) is 0 Å². The zero-order valence-corrected chi connectivity index (χ0v) is 13.7.